The molecule has 1 atom stereocenters. The lowest BCUT2D eigenvalue weighted by molar-refractivity contribution is -0.125. The van der Waals surface area contributed by atoms with Gasteiger partial charge < -0.3 is 20.3 Å². The number of rotatable bonds is 3. The number of fused-ring (bicyclic) bond motifs is 1. The lowest BCUT2D eigenvalue weighted by Crippen LogP contribution is -2.42. The van der Waals surface area contributed by atoms with Crippen LogP contribution in [0.5, 0.6) is 5.75 Å². The molecule has 2 heterocycles. The Bertz CT molecular complexity index is 848. The summed E-state index contributed by atoms with van der Waals surface area (Å²) in [5, 5.41) is 5.47. The second-order valence-corrected chi connectivity index (χ2v) is 6.21. The predicted molar refractivity (Wildman–Crippen MR) is 97.3 cm³/mol. The number of aryl methyl sites for hydroxylation is 2. The number of nitrogens with one attached hydrogen (secondary N) is 2. The van der Waals surface area contributed by atoms with Gasteiger partial charge in [0, 0.05) is 30.2 Å². The van der Waals surface area contributed by atoms with E-state index in [0.29, 0.717) is 22.9 Å². The van der Waals surface area contributed by atoms with Gasteiger partial charge in [0.15, 0.2) is 6.10 Å². The number of amides is 3. The van der Waals surface area contributed by atoms with Crippen LogP contribution in [0.3, 0.4) is 0 Å². The number of aromatic nitrogens is 2. The van der Waals surface area contributed by atoms with E-state index in [1.807, 2.05) is 19.9 Å². The first kappa shape index (κ1) is 17.7. The summed E-state index contributed by atoms with van der Waals surface area (Å²) in [5.41, 5.74) is 2.95. The third kappa shape index (κ3) is 3.74. The van der Waals surface area contributed by atoms with E-state index in [4.69, 9.17) is 4.74 Å². The smallest absolute Gasteiger partial charge is 0.319 e. The van der Waals surface area contributed by atoms with E-state index in [0.717, 1.165) is 11.4 Å². The average Bonchev–Trinajstić information content (AvgIpc) is 2.57. The molecular formula is C18H21N5O3. The number of anilines is 2. The Morgan fingerprint density at radius 2 is 1.92 bits per heavy atom. The van der Waals surface area contributed by atoms with Crippen molar-refractivity contribution in [3.63, 3.8) is 0 Å². The molecule has 1 aliphatic heterocycles. The number of nitrogens with zero attached hydrogens (tertiary/aromatic N) is 3. The lowest BCUT2D eigenvalue weighted by atomic mass is 10.2. The van der Waals surface area contributed by atoms with Gasteiger partial charge in [-0.2, -0.15) is 0 Å². The second-order valence-electron chi connectivity index (χ2n) is 6.21. The van der Waals surface area contributed by atoms with Crippen LogP contribution in [0.15, 0.2) is 24.3 Å². The molecule has 1 aromatic heterocycles. The molecule has 1 aliphatic rings. The molecule has 0 spiro atoms. The maximum atomic E-state index is 12.1. The molecule has 0 radical (unpaired) electrons. The van der Waals surface area contributed by atoms with Gasteiger partial charge in [-0.25, -0.2) is 14.8 Å². The Morgan fingerprint density at radius 1 is 1.23 bits per heavy atom. The zero-order valence-corrected chi connectivity index (χ0v) is 15.2. The van der Waals surface area contributed by atoms with E-state index in [1.54, 1.807) is 37.1 Å². The van der Waals surface area contributed by atoms with Crippen LogP contribution in [-0.4, -0.2) is 35.1 Å². The molecule has 0 aliphatic carbocycles. The highest BCUT2D eigenvalue weighted by atomic mass is 16.5. The molecule has 1 aromatic carbocycles. The van der Waals surface area contributed by atoms with Gasteiger partial charge in [0.2, 0.25) is 0 Å². The molecule has 136 valence electrons. The molecule has 0 saturated carbocycles. The average molecular weight is 355 g/mol. The Hall–Kier alpha value is -3.16. The van der Waals surface area contributed by atoms with Crippen LogP contribution in [0.25, 0.3) is 0 Å². The number of ether oxygens (including phenoxy) is 1. The summed E-state index contributed by atoms with van der Waals surface area (Å²) >= 11 is 0. The SMILES string of the molecule is Cc1cc(C)nc(CNC(=O)Nc2ccc3c(c2)OC(C)C(=O)N3C)n1. The Labute approximate surface area is 151 Å². The Kier molecular flexibility index (Phi) is 4.75. The van der Waals surface area contributed by atoms with Crippen molar-refractivity contribution in [2.24, 2.45) is 0 Å². The van der Waals surface area contributed by atoms with Crippen LogP contribution in [0.1, 0.15) is 24.1 Å². The van der Waals surface area contributed by atoms with Gasteiger partial charge in [-0.3, -0.25) is 4.79 Å². The van der Waals surface area contributed by atoms with Gasteiger partial charge in [-0.1, -0.05) is 0 Å². The van der Waals surface area contributed by atoms with Gasteiger partial charge in [-0.15, -0.1) is 0 Å². The highest BCUT2D eigenvalue weighted by Gasteiger charge is 2.28. The van der Waals surface area contributed by atoms with E-state index in [1.165, 1.54) is 0 Å². The normalized spacial score (nSPS) is 15.9. The molecule has 3 amide bonds. The van der Waals surface area contributed by atoms with Crippen molar-refractivity contribution in [1.29, 1.82) is 0 Å². The number of urea groups is 1. The minimum Gasteiger partial charge on any atom is -0.479 e. The lowest BCUT2D eigenvalue weighted by Gasteiger charge is -2.30. The standard InChI is InChI=1S/C18H21N5O3/c1-10-7-11(2)21-16(20-10)9-19-18(25)22-13-5-6-14-15(8-13)26-12(3)17(24)23(14)4/h5-8,12H,9H2,1-4H3,(H2,19,22,25). The number of carbonyl (C=O) groups is 2. The Balaban J connectivity index is 1.65. The number of carbonyl (C=O) groups excluding carboxylic acids is 2. The van der Waals surface area contributed by atoms with Gasteiger partial charge in [0.1, 0.15) is 11.6 Å². The topological polar surface area (TPSA) is 96.4 Å². The zero-order chi connectivity index (χ0) is 18.8. The van der Waals surface area contributed by atoms with Crippen molar-refractivity contribution >= 4 is 23.3 Å². The molecule has 8 heteroatoms. The predicted octanol–water partition coefficient (Wildman–Crippen LogP) is 2.16. The molecule has 26 heavy (non-hydrogen) atoms. The molecule has 8 nitrogen and oxygen atoms in total. The maximum Gasteiger partial charge on any atom is 0.319 e. The third-order valence-electron chi connectivity index (χ3n) is 4.00. The summed E-state index contributed by atoms with van der Waals surface area (Å²) in [5.74, 6) is 1.000. The van der Waals surface area contributed by atoms with E-state index in [-0.39, 0.29) is 18.5 Å². The Morgan fingerprint density at radius 3 is 2.62 bits per heavy atom. The van der Waals surface area contributed by atoms with Crippen LogP contribution in [0.2, 0.25) is 0 Å². The van der Waals surface area contributed by atoms with Crippen LogP contribution >= 0.6 is 0 Å². The van der Waals surface area contributed by atoms with Crippen LogP contribution in [-0.2, 0) is 11.3 Å². The summed E-state index contributed by atoms with van der Waals surface area (Å²) in [6.45, 7) is 5.69. The van der Waals surface area contributed by atoms with E-state index in [2.05, 4.69) is 20.6 Å². The van der Waals surface area contributed by atoms with E-state index in [9.17, 15) is 9.59 Å². The van der Waals surface area contributed by atoms with E-state index >= 15 is 0 Å². The number of likely N-dealkylation sites (N-methyl/N-ethyl adjacent to an activating group) is 1. The minimum absolute atomic E-state index is 0.107. The largest absolute Gasteiger partial charge is 0.479 e. The molecule has 3 rings (SSSR count). The van der Waals surface area contributed by atoms with Crippen molar-refractivity contribution < 1.29 is 14.3 Å². The van der Waals surface area contributed by atoms with Crippen LogP contribution in [0.4, 0.5) is 16.2 Å². The number of hydrogen-bond donors (Lipinski definition) is 2. The fourth-order valence-electron chi connectivity index (χ4n) is 2.81. The number of hydrogen-bond acceptors (Lipinski definition) is 5. The van der Waals surface area contributed by atoms with Crippen LogP contribution in [0, 0.1) is 13.8 Å². The third-order valence-corrected chi connectivity index (χ3v) is 4.00. The molecular weight excluding hydrogens is 334 g/mol. The summed E-state index contributed by atoms with van der Waals surface area (Å²) in [4.78, 5) is 34.2. The summed E-state index contributed by atoms with van der Waals surface area (Å²) < 4.78 is 5.61. The van der Waals surface area contributed by atoms with Gasteiger partial charge in [-0.05, 0) is 39.0 Å². The van der Waals surface area contributed by atoms with Gasteiger partial charge in [0.25, 0.3) is 5.91 Å². The van der Waals surface area contributed by atoms with Gasteiger partial charge in [0.05, 0.1) is 12.2 Å². The molecule has 0 bridgehead atoms. The highest BCUT2D eigenvalue weighted by Crippen LogP contribution is 2.35. The fraction of sp³-hybridized carbons (Fsp3) is 0.333. The minimum atomic E-state index is -0.557. The van der Waals surface area contributed by atoms with Gasteiger partial charge >= 0.3 is 6.03 Å². The van der Waals surface area contributed by atoms with Crippen molar-refractivity contribution in [1.82, 2.24) is 15.3 Å². The van der Waals surface area contributed by atoms with Crippen LogP contribution < -0.4 is 20.3 Å². The first-order valence-electron chi connectivity index (χ1n) is 8.28. The molecule has 0 saturated heterocycles. The molecule has 2 N–H and O–H groups in total. The maximum absolute atomic E-state index is 12.1. The zero-order valence-electron chi connectivity index (χ0n) is 15.2. The first-order valence-corrected chi connectivity index (χ1v) is 8.28. The van der Waals surface area contributed by atoms with Crippen molar-refractivity contribution in [3.8, 4) is 5.75 Å². The van der Waals surface area contributed by atoms with E-state index < -0.39 is 6.10 Å². The highest BCUT2D eigenvalue weighted by molar-refractivity contribution is 6.00. The van der Waals surface area contributed by atoms with Crippen molar-refractivity contribution in [2.75, 3.05) is 17.3 Å². The summed E-state index contributed by atoms with van der Waals surface area (Å²) in [7, 11) is 1.70. The number of benzene rings is 1. The molecule has 2 aromatic rings. The summed E-state index contributed by atoms with van der Waals surface area (Å²) in [6, 6.07) is 6.65. The summed E-state index contributed by atoms with van der Waals surface area (Å²) in [6.07, 6.45) is -0.557. The van der Waals surface area contributed by atoms with Crippen molar-refractivity contribution in [2.45, 2.75) is 33.4 Å². The fourth-order valence-corrected chi connectivity index (χ4v) is 2.81. The first-order chi connectivity index (χ1) is 12.3. The second kappa shape index (κ2) is 6.99. The molecule has 0 fully saturated rings. The monoisotopic (exact) mass is 355 g/mol. The molecule has 1 unspecified atom stereocenters. The quantitative estimate of drug-likeness (QED) is 0.879. The van der Waals surface area contributed by atoms with Crippen molar-refractivity contribution in [3.05, 3.63) is 41.5 Å².